The topological polar surface area (TPSA) is 68.7 Å². The molecule has 1 aromatic carbocycles. The quantitative estimate of drug-likeness (QED) is 0.530. The summed E-state index contributed by atoms with van der Waals surface area (Å²) in [6.45, 7) is 12.7. The molecule has 158 valence electrons. The lowest BCUT2D eigenvalue weighted by Crippen LogP contribution is -2.37. The van der Waals surface area contributed by atoms with Crippen LogP contribution in [0.2, 0.25) is 0 Å². The molecule has 2 aromatic rings. The summed E-state index contributed by atoms with van der Waals surface area (Å²) in [5.41, 5.74) is 10.1. The largest absolute Gasteiger partial charge is 0.384 e. The number of aromatic nitrogens is 2. The summed E-state index contributed by atoms with van der Waals surface area (Å²) in [6, 6.07) is 8.22. The van der Waals surface area contributed by atoms with Crippen LogP contribution in [0.4, 0.5) is 5.82 Å². The molecule has 1 aliphatic rings. The van der Waals surface area contributed by atoms with Crippen LogP contribution in [-0.4, -0.2) is 53.7 Å². The summed E-state index contributed by atoms with van der Waals surface area (Å²) in [7, 11) is 1.78. The molecule has 2 N–H and O–H groups in total. The minimum Gasteiger partial charge on any atom is -0.384 e. The first-order valence-electron chi connectivity index (χ1n) is 10.2. The van der Waals surface area contributed by atoms with E-state index in [1.807, 2.05) is 24.4 Å². The van der Waals surface area contributed by atoms with Crippen molar-refractivity contribution in [2.75, 3.05) is 26.7 Å². The van der Waals surface area contributed by atoms with E-state index in [2.05, 4.69) is 48.3 Å². The van der Waals surface area contributed by atoms with E-state index in [0.29, 0.717) is 17.7 Å². The molecule has 2 heterocycles. The van der Waals surface area contributed by atoms with Crippen molar-refractivity contribution in [1.82, 2.24) is 14.7 Å². The van der Waals surface area contributed by atoms with Gasteiger partial charge in [-0.05, 0) is 42.5 Å². The lowest BCUT2D eigenvalue weighted by molar-refractivity contribution is 0.0458. The Morgan fingerprint density at radius 3 is 2.70 bits per heavy atom. The Kier molecular flexibility index (Phi) is 7.38. The van der Waals surface area contributed by atoms with Gasteiger partial charge >= 0.3 is 0 Å². The zero-order valence-corrected chi connectivity index (χ0v) is 17.9. The van der Waals surface area contributed by atoms with E-state index in [-0.39, 0.29) is 0 Å². The molecule has 0 saturated carbocycles. The number of methoxy groups -OCH3 is 1. The van der Waals surface area contributed by atoms with E-state index in [9.17, 15) is 0 Å². The van der Waals surface area contributed by atoms with Crippen LogP contribution in [0.1, 0.15) is 29.5 Å². The van der Waals surface area contributed by atoms with Gasteiger partial charge in [-0.2, -0.15) is 9.78 Å². The van der Waals surface area contributed by atoms with Gasteiger partial charge in [-0.1, -0.05) is 43.5 Å². The van der Waals surface area contributed by atoms with Crippen molar-refractivity contribution in [2.45, 2.75) is 25.9 Å². The fourth-order valence-electron chi connectivity index (χ4n) is 3.61. The van der Waals surface area contributed by atoms with Crippen LogP contribution in [0.5, 0.6) is 0 Å². The minimum atomic E-state index is 0.327. The molecule has 0 atom stereocenters. The fraction of sp³-hybridized carbons (Fsp3) is 0.333. The third-order valence-corrected chi connectivity index (χ3v) is 5.47. The molecule has 0 bridgehead atoms. The SMILES string of the molecule is C=C/C(=C\c1ccccc1C)c1cnn(C(=C)N)c1/N=C/CN1CCC(OC)CC1. The van der Waals surface area contributed by atoms with Crippen molar-refractivity contribution in [3.8, 4) is 0 Å². The normalized spacial score (nSPS) is 16.3. The summed E-state index contributed by atoms with van der Waals surface area (Å²) in [6.07, 6.45) is 10.1. The predicted octanol–water partition coefficient (Wildman–Crippen LogP) is 4.12. The van der Waals surface area contributed by atoms with Gasteiger partial charge in [-0.25, -0.2) is 4.99 Å². The number of aryl methyl sites for hydroxylation is 1. The summed E-state index contributed by atoms with van der Waals surface area (Å²) >= 11 is 0. The smallest absolute Gasteiger partial charge is 0.164 e. The molecule has 0 spiro atoms. The van der Waals surface area contributed by atoms with Crippen LogP contribution in [-0.2, 0) is 4.74 Å². The fourth-order valence-corrected chi connectivity index (χ4v) is 3.61. The lowest BCUT2D eigenvalue weighted by Gasteiger charge is -2.29. The van der Waals surface area contributed by atoms with Crippen LogP contribution in [0.15, 0.2) is 54.7 Å². The first kappa shape index (κ1) is 21.7. The maximum atomic E-state index is 5.95. The van der Waals surface area contributed by atoms with Gasteiger partial charge < -0.3 is 10.5 Å². The zero-order valence-electron chi connectivity index (χ0n) is 17.9. The number of nitrogens with two attached hydrogens (primary N) is 1. The molecule has 30 heavy (non-hydrogen) atoms. The Balaban J connectivity index is 1.85. The highest BCUT2D eigenvalue weighted by Gasteiger charge is 2.18. The maximum Gasteiger partial charge on any atom is 0.164 e. The second kappa shape index (κ2) is 10.2. The van der Waals surface area contributed by atoms with Gasteiger partial charge in [-0.3, -0.25) is 4.90 Å². The summed E-state index contributed by atoms with van der Waals surface area (Å²) < 4.78 is 7.01. The predicted molar refractivity (Wildman–Crippen MR) is 126 cm³/mol. The highest BCUT2D eigenvalue weighted by atomic mass is 16.5. The number of nitrogens with zero attached hydrogens (tertiary/aromatic N) is 4. The molecule has 1 saturated heterocycles. The Morgan fingerprint density at radius 2 is 2.07 bits per heavy atom. The number of hydrogen-bond acceptors (Lipinski definition) is 5. The van der Waals surface area contributed by atoms with E-state index < -0.39 is 0 Å². The van der Waals surface area contributed by atoms with E-state index in [1.54, 1.807) is 18.0 Å². The maximum absolute atomic E-state index is 5.95. The van der Waals surface area contributed by atoms with Crippen LogP contribution in [0, 0.1) is 6.92 Å². The van der Waals surface area contributed by atoms with E-state index in [1.165, 1.54) is 5.56 Å². The van der Waals surface area contributed by atoms with E-state index in [0.717, 1.165) is 49.2 Å². The van der Waals surface area contributed by atoms with Crippen LogP contribution >= 0.6 is 0 Å². The molecule has 1 aromatic heterocycles. The number of ether oxygens (including phenoxy) is 1. The third kappa shape index (κ3) is 5.14. The molecule has 3 rings (SSSR count). The number of benzene rings is 1. The van der Waals surface area contributed by atoms with Crippen molar-refractivity contribution < 1.29 is 4.74 Å². The molecule has 1 aliphatic heterocycles. The molecular formula is C24H31N5O. The first-order valence-corrected chi connectivity index (χ1v) is 10.2. The molecule has 6 nitrogen and oxygen atoms in total. The van der Waals surface area contributed by atoms with E-state index in [4.69, 9.17) is 15.5 Å². The van der Waals surface area contributed by atoms with Gasteiger partial charge in [0.1, 0.15) is 5.82 Å². The number of piperidine rings is 1. The minimum absolute atomic E-state index is 0.327. The second-order valence-corrected chi connectivity index (χ2v) is 7.49. The third-order valence-electron chi connectivity index (χ3n) is 5.47. The Labute approximate surface area is 179 Å². The van der Waals surface area contributed by atoms with Crippen LogP contribution in [0.25, 0.3) is 17.5 Å². The standard InChI is InChI=1S/C24H31N5O/c1-5-20(16-21-9-7-6-8-18(21)2)23-17-27-29(19(3)25)24(23)26-12-15-28-13-10-22(30-4)11-14-28/h5-9,12,16-17,22H,1,3,10-11,13-15,25H2,2,4H3/b20-16+,26-12+. The van der Waals surface area contributed by atoms with Crippen molar-refractivity contribution in [3.63, 3.8) is 0 Å². The number of aliphatic imine (C=N–C) groups is 1. The molecule has 6 heteroatoms. The highest BCUT2D eigenvalue weighted by Crippen LogP contribution is 2.30. The van der Waals surface area contributed by atoms with Crippen molar-refractivity contribution in [3.05, 3.63) is 66.4 Å². The molecule has 0 unspecified atom stereocenters. The molecular weight excluding hydrogens is 374 g/mol. The molecule has 0 radical (unpaired) electrons. The first-order chi connectivity index (χ1) is 14.5. The van der Waals surface area contributed by atoms with Gasteiger partial charge in [0.05, 0.1) is 12.3 Å². The van der Waals surface area contributed by atoms with Gasteiger partial charge in [0.25, 0.3) is 0 Å². The van der Waals surface area contributed by atoms with Crippen LogP contribution in [0.3, 0.4) is 0 Å². The number of hydrogen-bond donors (Lipinski definition) is 1. The number of allylic oxidation sites excluding steroid dienone is 2. The van der Waals surface area contributed by atoms with Crippen molar-refractivity contribution in [1.29, 1.82) is 0 Å². The van der Waals surface area contributed by atoms with Gasteiger partial charge in [-0.15, -0.1) is 0 Å². The Hall–Kier alpha value is -2.96. The average molecular weight is 406 g/mol. The van der Waals surface area contributed by atoms with Crippen LogP contribution < -0.4 is 5.73 Å². The monoisotopic (exact) mass is 405 g/mol. The highest BCUT2D eigenvalue weighted by molar-refractivity contribution is 5.91. The van der Waals surface area contributed by atoms with Crippen molar-refractivity contribution in [2.24, 2.45) is 10.7 Å². The summed E-state index contributed by atoms with van der Waals surface area (Å²) in [5, 5.41) is 4.39. The molecule has 0 aliphatic carbocycles. The summed E-state index contributed by atoms with van der Waals surface area (Å²) in [4.78, 5) is 7.10. The lowest BCUT2D eigenvalue weighted by atomic mass is 10.0. The second-order valence-electron chi connectivity index (χ2n) is 7.49. The molecule has 0 amide bonds. The van der Waals surface area contributed by atoms with E-state index >= 15 is 0 Å². The summed E-state index contributed by atoms with van der Waals surface area (Å²) in [5.74, 6) is 0.989. The van der Waals surface area contributed by atoms with Gasteiger partial charge in [0.15, 0.2) is 5.82 Å². The molecule has 1 fully saturated rings. The Bertz CT molecular complexity index is 948. The zero-order chi connectivity index (χ0) is 21.5. The van der Waals surface area contributed by atoms with Crippen molar-refractivity contribution >= 4 is 29.5 Å². The Morgan fingerprint density at radius 1 is 1.33 bits per heavy atom. The number of likely N-dealkylation sites (tertiary alicyclic amines) is 1. The van der Waals surface area contributed by atoms with Gasteiger partial charge in [0, 0.05) is 38.5 Å². The van der Waals surface area contributed by atoms with Gasteiger partial charge in [0.2, 0.25) is 0 Å². The average Bonchev–Trinajstić information content (AvgIpc) is 3.17. The number of rotatable bonds is 8.